The molecule has 0 N–H and O–H groups in total. The molecule has 0 fully saturated rings. The van der Waals surface area contributed by atoms with Crippen LogP contribution in [0.25, 0.3) is 0 Å². The van der Waals surface area contributed by atoms with E-state index in [0.717, 1.165) is 77.0 Å². The number of carbonyl (C=O) groups is 2. The van der Waals surface area contributed by atoms with Gasteiger partial charge in [-0.1, -0.05) is 307 Å². The summed E-state index contributed by atoms with van der Waals surface area (Å²) in [7, 11) is 0. The van der Waals surface area contributed by atoms with Crippen LogP contribution in [0.4, 0.5) is 0 Å². The van der Waals surface area contributed by atoms with Crippen molar-refractivity contribution < 1.29 is 23.8 Å². The van der Waals surface area contributed by atoms with Gasteiger partial charge >= 0.3 is 11.9 Å². The van der Waals surface area contributed by atoms with E-state index in [0.29, 0.717) is 19.4 Å². The summed E-state index contributed by atoms with van der Waals surface area (Å²) in [5, 5.41) is 0. The Morgan fingerprint density at radius 2 is 0.643 bits per heavy atom. The van der Waals surface area contributed by atoms with Crippen LogP contribution in [0.15, 0.2) is 48.6 Å². The molecule has 0 radical (unpaired) electrons. The van der Waals surface area contributed by atoms with Gasteiger partial charge in [-0.3, -0.25) is 9.59 Å². The molecule has 410 valence electrons. The highest BCUT2D eigenvalue weighted by Crippen LogP contribution is 2.17. The molecule has 0 saturated carbocycles. The first-order chi connectivity index (χ1) is 34.6. The normalized spacial score (nSPS) is 12.4. The maximum absolute atomic E-state index is 12.9. The van der Waals surface area contributed by atoms with Gasteiger partial charge in [0.1, 0.15) is 6.61 Å². The summed E-state index contributed by atoms with van der Waals surface area (Å²) in [4.78, 5) is 25.6. The SMILES string of the molecule is CC/C=C\C/C=C\C/C=C\C/C=C\CCCCCCC(=O)OC[C@@H](COCCCCCCCCCCCCCCCCCC)OC(=O)CCCCCCCCCCCCCCCCCCCCCCC. The van der Waals surface area contributed by atoms with Crippen molar-refractivity contribution in [1.29, 1.82) is 0 Å². The molecule has 0 aliphatic rings. The number of ether oxygens (including phenoxy) is 3. The summed E-state index contributed by atoms with van der Waals surface area (Å²) in [5.74, 6) is -0.403. The van der Waals surface area contributed by atoms with E-state index >= 15 is 0 Å². The number of unbranched alkanes of at least 4 members (excludes halogenated alkanes) is 39. The molecule has 1 atom stereocenters. The summed E-state index contributed by atoms with van der Waals surface area (Å²) in [5.41, 5.74) is 0. The minimum Gasteiger partial charge on any atom is -0.462 e. The molecular weight excluding hydrogens is 861 g/mol. The van der Waals surface area contributed by atoms with Gasteiger partial charge in [-0.25, -0.2) is 0 Å². The van der Waals surface area contributed by atoms with Crippen LogP contribution >= 0.6 is 0 Å². The molecule has 0 unspecified atom stereocenters. The van der Waals surface area contributed by atoms with Gasteiger partial charge < -0.3 is 14.2 Å². The molecular formula is C65H120O5. The minimum atomic E-state index is -0.543. The molecule has 0 saturated heterocycles. The van der Waals surface area contributed by atoms with E-state index < -0.39 is 6.10 Å². The lowest BCUT2D eigenvalue weighted by atomic mass is 10.0. The molecule has 0 heterocycles. The number of hydrogen-bond donors (Lipinski definition) is 0. The van der Waals surface area contributed by atoms with Gasteiger partial charge in [-0.05, 0) is 57.8 Å². The van der Waals surface area contributed by atoms with Crippen molar-refractivity contribution >= 4 is 11.9 Å². The predicted octanol–water partition coefficient (Wildman–Crippen LogP) is 21.5. The second-order valence-electron chi connectivity index (χ2n) is 20.9. The van der Waals surface area contributed by atoms with Crippen molar-refractivity contribution in [3.05, 3.63) is 48.6 Å². The van der Waals surface area contributed by atoms with E-state index in [2.05, 4.69) is 69.4 Å². The number of esters is 2. The fraction of sp³-hybridized carbons (Fsp3) is 0.846. The highest BCUT2D eigenvalue weighted by atomic mass is 16.6. The molecule has 0 aromatic heterocycles. The fourth-order valence-corrected chi connectivity index (χ4v) is 9.27. The Labute approximate surface area is 437 Å². The van der Waals surface area contributed by atoms with Gasteiger partial charge in [0, 0.05) is 19.4 Å². The van der Waals surface area contributed by atoms with Crippen LogP contribution in [0.3, 0.4) is 0 Å². The van der Waals surface area contributed by atoms with Crippen LogP contribution in [0.5, 0.6) is 0 Å². The Balaban J connectivity index is 4.24. The van der Waals surface area contributed by atoms with E-state index in [1.807, 2.05) is 0 Å². The lowest BCUT2D eigenvalue weighted by Gasteiger charge is -2.18. The average molecular weight is 982 g/mol. The lowest BCUT2D eigenvalue weighted by Crippen LogP contribution is -2.30. The smallest absolute Gasteiger partial charge is 0.306 e. The highest BCUT2D eigenvalue weighted by Gasteiger charge is 2.17. The highest BCUT2D eigenvalue weighted by molar-refractivity contribution is 5.70. The zero-order valence-corrected chi connectivity index (χ0v) is 47.3. The minimum absolute atomic E-state index is 0.0780. The van der Waals surface area contributed by atoms with Gasteiger partial charge in [0.25, 0.3) is 0 Å². The first-order valence-corrected chi connectivity index (χ1v) is 31.2. The fourth-order valence-electron chi connectivity index (χ4n) is 9.27. The summed E-state index contributed by atoms with van der Waals surface area (Å²) in [6.07, 6.45) is 77.2. The third kappa shape index (κ3) is 58.4. The van der Waals surface area contributed by atoms with Crippen molar-refractivity contribution in [2.24, 2.45) is 0 Å². The van der Waals surface area contributed by atoms with Gasteiger partial charge in [0.2, 0.25) is 0 Å². The zero-order chi connectivity index (χ0) is 50.6. The monoisotopic (exact) mass is 981 g/mol. The first kappa shape index (κ1) is 67.9. The standard InChI is InChI=1S/C65H120O5/c1-4-7-10-13-16-19-22-25-28-31-32-33-34-36-38-41-44-47-50-53-56-59-65(67)70-63(61-68-60-57-54-51-48-45-42-39-30-27-24-21-18-15-12-9-6-3)62-69-64(66)58-55-52-49-46-43-40-37-35-29-26-23-20-17-14-11-8-5-2/h8,11,17,20,26,29,37,40,63H,4-7,9-10,12-16,18-19,21-25,27-28,30-36,38-39,41-62H2,1-3H3/b11-8-,20-17-,29-26-,40-37-/t63-/m1/s1. The predicted molar refractivity (Wildman–Crippen MR) is 307 cm³/mol. The third-order valence-corrected chi connectivity index (χ3v) is 13.9. The second kappa shape index (κ2) is 61.2. The van der Waals surface area contributed by atoms with Crippen molar-refractivity contribution in [1.82, 2.24) is 0 Å². The van der Waals surface area contributed by atoms with Gasteiger partial charge in [0.15, 0.2) is 6.10 Å². The molecule has 5 nitrogen and oxygen atoms in total. The Hall–Kier alpha value is -2.14. The van der Waals surface area contributed by atoms with Gasteiger partial charge in [0.05, 0.1) is 6.61 Å². The molecule has 0 aromatic rings. The van der Waals surface area contributed by atoms with Crippen molar-refractivity contribution in [3.63, 3.8) is 0 Å². The van der Waals surface area contributed by atoms with Crippen LogP contribution in [0.2, 0.25) is 0 Å². The van der Waals surface area contributed by atoms with Crippen LogP contribution in [-0.2, 0) is 23.8 Å². The summed E-state index contributed by atoms with van der Waals surface area (Å²) < 4.78 is 17.5. The quantitative estimate of drug-likeness (QED) is 0.0345. The molecule has 0 aliphatic heterocycles. The maximum atomic E-state index is 12.9. The van der Waals surface area contributed by atoms with Crippen LogP contribution in [-0.4, -0.2) is 37.9 Å². The van der Waals surface area contributed by atoms with E-state index in [9.17, 15) is 9.59 Å². The molecule has 0 bridgehead atoms. The molecule has 0 aliphatic carbocycles. The number of rotatable bonds is 58. The summed E-state index contributed by atoms with van der Waals surface area (Å²) >= 11 is 0. The Bertz CT molecular complexity index is 1150. The Morgan fingerprint density at radius 1 is 0.329 bits per heavy atom. The number of allylic oxidation sites excluding steroid dienone is 8. The van der Waals surface area contributed by atoms with Crippen LogP contribution in [0.1, 0.15) is 329 Å². The largest absolute Gasteiger partial charge is 0.462 e. The average Bonchev–Trinajstić information content (AvgIpc) is 3.36. The Morgan fingerprint density at radius 3 is 1.03 bits per heavy atom. The molecule has 0 aromatic carbocycles. The van der Waals surface area contributed by atoms with Crippen molar-refractivity contribution in [2.45, 2.75) is 335 Å². The first-order valence-electron chi connectivity index (χ1n) is 31.2. The van der Waals surface area contributed by atoms with Crippen LogP contribution in [0, 0.1) is 0 Å². The second-order valence-corrected chi connectivity index (χ2v) is 20.9. The van der Waals surface area contributed by atoms with E-state index in [1.54, 1.807) is 0 Å². The molecule has 5 heteroatoms. The van der Waals surface area contributed by atoms with Crippen molar-refractivity contribution in [2.75, 3.05) is 19.8 Å². The van der Waals surface area contributed by atoms with Crippen molar-refractivity contribution in [3.8, 4) is 0 Å². The molecule has 0 amide bonds. The van der Waals surface area contributed by atoms with E-state index in [4.69, 9.17) is 14.2 Å². The van der Waals surface area contributed by atoms with E-state index in [1.165, 1.54) is 218 Å². The zero-order valence-electron chi connectivity index (χ0n) is 47.3. The lowest BCUT2D eigenvalue weighted by molar-refractivity contribution is -0.163. The van der Waals surface area contributed by atoms with E-state index in [-0.39, 0.29) is 25.2 Å². The molecule has 70 heavy (non-hydrogen) atoms. The summed E-state index contributed by atoms with van der Waals surface area (Å²) in [6.45, 7) is 7.77. The topological polar surface area (TPSA) is 61.8 Å². The van der Waals surface area contributed by atoms with Crippen LogP contribution < -0.4 is 0 Å². The number of hydrogen-bond acceptors (Lipinski definition) is 5. The summed E-state index contributed by atoms with van der Waals surface area (Å²) in [6, 6.07) is 0. The molecule has 0 spiro atoms. The molecule has 0 rings (SSSR count). The third-order valence-electron chi connectivity index (χ3n) is 13.9. The van der Waals surface area contributed by atoms with Gasteiger partial charge in [-0.15, -0.1) is 0 Å². The maximum Gasteiger partial charge on any atom is 0.306 e. The Kier molecular flexibility index (Phi) is 59.3. The number of carbonyl (C=O) groups excluding carboxylic acids is 2. The van der Waals surface area contributed by atoms with Gasteiger partial charge in [-0.2, -0.15) is 0 Å².